The van der Waals surface area contributed by atoms with Gasteiger partial charge in [0.25, 0.3) is 0 Å². The molecule has 0 radical (unpaired) electrons. The lowest BCUT2D eigenvalue weighted by Gasteiger charge is -2.11. The van der Waals surface area contributed by atoms with Crippen LogP contribution in [0, 0.1) is 0 Å². The highest BCUT2D eigenvalue weighted by atomic mass is 16.1. The third kappa shape index (κ3) is 1.58. The maximum absolute atomic E-state index is 12.0. The van der Waals surface area contributed by atoms with Gasteiger partial charge >= 0.3 is 0 Å². The molecule has 2 aromatic rings. The van der Waals surface area contributed by atoms with E-state index in [4.69, 9.17) is 5.73 Å². The average molecular weight is 223 g/mol. The topological polar surface area (TPSA) is 43.1 Å². The van der Waals surface area contributed by atoms with Crippen molar-refractivity contribution < 1.29 is 4.79 Å². The molecule has 17 heavy (non-hydrogen) atoms. The summed E-state index contributed by atoms with van der Waals surface area (Å²) >= 11 is 0. The van der Waals surface area contributed by atoms with Gasteiger partial charge < -0.3 is 5.73 Å². The van der Waals surface area contributed by atoms with E-state index in [1.54, 1.807) is 0 Å². The van der Waals surface area contributed by atoms with E-state index in [1.807, 2.05) is 42.5 Å². The molecule has 0 aromatic heterocycles. The van der Waals surface area contributed by atoms with Crippen LogP contribution in [0.15, 0.2) is 48.5 Å². The number of hydrogen-bond acceptors (Lipinski definition) is 2. The lowest BCUT2D eigenvalue weighted by atomic mass is 9.96. The van der Waals surface area contributed by atoms with Gasteiger partial charge in [0.2, 0.25) is 0 Å². The van der Waals surface area contributed by atoms with E-state index in [0.29, 0.717) is 6.42 Å². The molecule has 1 aliphatic rings. The Bertz CT molecular complexity index is 589. The van der Waals surface area contributed by atoms with E-state index in [1.165, 1.54) is 0 Å². The highest BCUT2D eigenvalue weighted by Gasteiger charge is 2.24. The summed E-state index contributed by atoms with van der Waals surface area (Å²) in [4.78, 5) is 12.0. The molecular weight excluding hydrogens is 210 g/mol. The molecule has 0 saturated heterocycles. The molecule has 84 valence electrons. The van der Waals surface area contributed by atoms with Gasteiger partial charge in [-0.2, -0.15) is 0 Å². The normalized spacial score (nSPS) is 18.2. The molecule has 2 heteroatoms. The summed E-state index contributed by atoms with van der Waals surface area (Å²) in [6.07, 6.45) is 0.423. The van der Waals surface area contributed by atoms with Gasteiger partial charge in [-0.1, -0.05) is 48.5 Å². The van der Waals surface area contributed by atoms with Gasteiger partial charge in [0.05, 0.1) is 6.04 Å². The summed E-state index contributed by atoms with van der Waals surface area (Å²) in [5.41, 5.74) is 10.2. The summed E-state index contributed by atoms with van der Waals surface area (Å²) in [5.74, 6) is 0.0856. The molecule has 0 amide bonds. The number of benzene rings is 2. The average Bonchev–Trinajstić information content (AvgIpc) is 2.48. The minimum absolute atomic E-state index is 0.0856. The quantitative estimate of drug-likeness (QED) is 0.745. The van der Waals surface area contributed by atoms with Gasteiger partial charge in [-0.25, -0.2) is 0 Å². The predicted molar refractivity (Wildman–Crippen MR) is 67.5 cm³/mol. The molecule has 0 fully saturated rings. The van der Waals surface area contributed by atoms with Crippen LogP contribution in [0.1, 0.15) is 17.2 Å². The fourth-order valence-electron chi connectivity index (χ4n) is 2.42. The first-order valence-electron chi connectivity index (χ1n) is 5.73. The molecule has 0 saturated carbocycles. The Morgan fingerprint density at radius 1 is 0.941 bits per heavy atom. The smallest absolute Gasteiger partial charge is 0.158 e. The number of carbonyl (C=O) groups is 1. The fourth-order valence-corrected chi connectivity index (χ4v) is 2.42. The lowest BCUT2D eigenvalue weighted by molar-refractivity contribution is -0.119. The van der Waals surface area contributed by atoms with Crippen molar-refractivity contribution in [1.82, 2.24) is 0 Å². The largest absolute Gasteiger partial charge is 0.318 e. The van der Waals surface area contributed by atoms with Crippen LogP contribution in [0.2, 0.25) is 0 Å². The summed E-state index contributed by atoms with van der Waals surface area (Å²) in [6.45, 7) is 0. The molecule has 3 rings (SSSR count). The minimum Gasteiger partial charge on any atom is -0.318 e. The van der Waals surface area contributed by atoms with Crippen molar-refractivity contribution in [3.8, 4) is 11.1 Å². The lowest BCUT2D eigenvalue weighted by Crippen LogP contribution is -2.21. The summed E-state index contributed by atoms with van der Waals surface area (Å²) in [7, 11) is 0. The molecule has 1 atom stereocenters. The Hall–Kier alpha value is -1.93. The SMILES string of the molecule is N[C@@H]1C(=O)Cc2ccccc2-c2ccccc21. The predicted octanol–water partition coefficient (Wildman–Crippen LogP) is 2.48. The second kappa shape index (κ2) is 3.82. The molecule has 2 aromatic carbocycles. The summed E-state index contributed by atoms with van der Waals surface area (Å²) in [5, 5.41) is 0. The van der Waals surface area contributed by atoms with Crippen LogP contribution in [-0.2, 0) is 11.2 Å². The second-order valence-corrected chi connectivity index (χ2v) is 4.37. The summed E-state index contributed by atoms with van der Waals surface area (Å²) < 4.78 is 0. The van der Waals surface area contributed by atoms with Crippen molar-refractivity contribution in [3.05, 3.63) is 59.7 Å². The van der Waals surface area contributed by atoms with Crippen LogP contribution in [-0.4, -0.2) is 5.78 Å². The number of fused-ring (bicyclic) bond motifs is 3. The Labute approximate surface area is 100 Å². The van der Waals surface area contributed by atoms with E-state index in [2.05, 4.69) is 6.07 Å². The molecule has 2 nitrogen and oxygen atoms in total. The van der Waals surface area contributed by atoms with E-state index >= 15 is 0 Å². The van der Waals surface area contributed by atoms with E-state index in [9.17, 15) is 4.79 Å². The number of nitrogens with two attached hydrogens (primary N) is 1. The monoisotopic (exact) mass is 223 g/mol. The van der Waals surface area contributed by atoms with Crippen LogP contribution in [0.4, 0.5) is 0 Å². The summed E-state index contributed by atoms with van der Waals surface area (Å²) in [6, 6.07) is 15.4. The third-order valence-electron chi connectivity index (χ3n) is 3.31. The van der Waals surface area contributed by atoms with E-state index in [-0.39, 0.29) is 5.78 Å². The van der Waals surface area contributed by atoms with Crippen molar-refractivity contribution in [3.63, 3.8) is 0 Å². The van der Waals surface area contributed by atoms with Crippen molar-refractivity contribution in [2.24, 2.45) is 5.73 Å². The molecule has 2 N–H and O–H groups in total. The molecule has 0 heterocycles. The first-order valence-corrected chi connectivity index (χ1v) is 5.73. The maximum atomic E-state index is 12.0. The van der Waals surface area contributed by atoms with Crippen LogP contribution in [0.3, 0.4) is 0 Å². The van der Waals surface area contributed by atoms with Gasteiger partial charge in [-0.15, -0.1) is 0 Å². The molecule has 0 aliphatic heterocycles. The van der Waals surface area contributed by atoms with Crippen LogP contribution >= 0.6 is 0 Å². The van der Waals surface area contributed by atoms with Crippen LogP contribution in [0.5, 0.6) is 0 Å². The molecule has 0 bridgehead atoms. The Morgan fingerprint density at radius 3 is 2.41 bits per heavy atom. The van der Waals surface area contributed by atoms with Crippen molar-refractivity contribution >= 4 is 5.78 Å². The Balaban J connectivity index is 2.33. The van der Waals surface area contributed by atoms with Crippen molar-refractivity contribution in [2.45, 2.75) is 12.5 Å². The van der Waals surface area contributed by atoms with Gasteiger partial charge in [-0.05, 0) is 22.3 Å². The van der Waals surface area contributed by atoms with Crippen LogP contribution < -0.4 is 5.73 Å². The van der Waals surface area contributed by atoms with Gasteiger partial charge in [0.1, 0.15) is 0 Å². The number of Topliss-reactive ketones (excluding diaryl/α,β-unsaturated/α-hetero) is 1. The van der Waals surface area contributed by atoms with E-state index < -0.39 is 6.04 Å². The number of hydrogen-bond donors (Lipinski definition) is 1. The van der Waals surface area contributed by atoms with Gasteiger partial charge in [0, 0.05) is 6.42 Å². The maximum Gasteiger partial charge on any atom is 0.158 e. The zero-order valence-electron chi connectivity index (χ0n) is 9.39. The number of ketones is 1. The highest BCUT2D eigenvalue weighted by molar-refractivity contribution is 5.93. The molecular formula is C15H13NO. The zero-order valence-corrected chi connectivity index (χ0v) is 9.39. The minimum atomic E-state index is -0.501. The zero-order chi connectivity index (χ0) is 11.8. The molecule has 0 unspecified atom stereocenters. The Kier molecular flexibility index (Phi) is 2.30. The first-order chi connectivity index (χ1) is 8.27. The van der Waals surface area contributed by atoms with Crippen molar-refractivity contribution in [2.75, 3.05) is 0 Å². The second-order valence-electron chi connectivity index (χ2n) is 4.37. The molecule has 1 aliphatic carbocycles. The Morgan fingerprint density at radius 2 is 1.59 bits per heavy atom. The first kappa shape index (κ1) is 10.2. The van der Waals surface area contributed by atoms with Gasteiger partial charge in [0.15, 0.2) is 5.78 Å². The fraction of sp³-hybridized carbons (Fsp3) is 0.133. The third-order valence-corrected chi connectivity index (χ3v) is 3.31. The van der Waals surface area contributed by atoms with Crippen LogP contribution in [0.25, 0.3) is 11.1 Å². The van der Waals surface area contributed by atoms with E-state index in [0.717, 1.165) is 22.3 Å². The highest BCUT2D eigenvalue weighted by Crippen LogP contribution is 2.34. The number of carbonyl (C=O) groups excluding carboxylic acids is 1. The molecule has 0 spiro atoms. The standard InChI is InChI=1S/C15H13NO/c16-15-13-8-4-3-7-12(13)11-6-2-1-5-10(11)9-14(15)17/h1-8,15H,9,16H2/t15-/m0/s1. The van der Waals surface area contributed by atoms with Crippen molar-refractivity contribution in [1.29, 1.82) is 0 Å². The number of rotatable bonds is 0. The van der Waals surface area contributed by atoms with Gasteiger partial charge in [-0.3, -0.25) is 4.79 Å².